The van der Waals surface area contributed by atoms with E-state index in [9.17, 15) is 4.39 Å². The Bertz CT molecular complexity index is 570. The quantitative estimate of drug-likeness (QED) is 0.878. The number of nitrogens with one attached hydrogen (secondary N) is 1. The van der Waals surface area contributed by atoms with Crippen LogP contribution in [0.25, 0.3) is 0 Å². The summed E-state index contributed by atoms with van der Waals surface area (Å²) in [4.78, 5) is 4.28. The second kappa shape index (κ2) is 6.95. The van der Waals surface area contributed by atoms with Crippen LogP contribution in [0.15, 0.2) is 29.0 Å². The zero-order valence-corrected chi connectivity index (χ0v) is 13.2. The molecule has 1 heterocycles. The highest BCUT2D eigenvalue weighted by Crippen LogP contribution is 2.25. The van der Waals surface area contributed by atoms with Crippen molar-refractivity contribution in [3.8, 4) is 0 Å². The minimum atomic E-state index is -0.228. The molecule has 0 aliphatic rings. The fourth-order valence-electron chi connectivity index (χ4n) is 2.18. The predicted octanol–water partition coefficient (Wildman–Crippen LogP) is 3.09. The van der Waals surface area contributed by atoms with Crippen molar-refractivity contribution in [1.82, 2.24) is 20.1 Å². The van der Waals surface area contributed by atoms with Gasteiger partial charge >= 0.3 is 0 Å². The number of hydrogen-bond donors (Lipinski definition) is 1. The lowest BCUT2D eigenvalue weighted by molar-refractivity contribution is 0.494. The average Bonchev–Trinajstić information content (AvgIpc) is 2.87. The molecule has 1 atom stereocenters. The van der Waals surface area contributed by atoms with Gasteiger partial charge in [0.05, 0.1) is 4.47 Å². The highest BCUT2D eigenvalue weighted by Gasteiger charge is 2.18. The first-order chi connectivity index (χ1) is 9.67. The number of benzene rings is 1. The maximum absolute atomic E-state index is 14.2. The maximum Gasteiger partial charge on any atom is 0.142 e. The molecule has 1 aromatic carbocycles. The van der Waals surface area contributed by atoms with Gasteiger partial charge in [0.2, 0.25) is 0 Å². The second-order valence-electron chi connectivity index (χ2n) is 4.59. The fourth-order valence-corrected chi connectivity index (χ4v) is 2.57. The van der Waals surface area contributed by atoms with E-state index in [0.29, 0.717) is 16.5 Å². The molecule has 4 nitrogen and oxygen atoms in total. The van der Waals surface area contributed by atoms with Gasteiger partial charge in [0.1, 0.15) is 18.0 Å². The van der Waals surface area contributed by atoms with Crippen LogP contribution in [-0.4, -0.2) is 21.8 Å². The molecule has 0 spiro atoms. The van der Waals surface area contributed by atoms with Crippen LogP contribution in [0.2, 0.25) is 0 Å². The molecule has 0 saturated heterocycles. The van der Waals surface area contributed by atoms with Crippen LogP contribution >= 0.6 is 15.9 Å². The van der Waals surface area contributed by atoms with Gasteiger partial charge in [-0.3, -0.25) is 4.68 Å². The van der Waals surface area contributed by atoms with Crippen molar-refractivity contribution in [3.05, 3.63) is 46.2 Å². The summed E-state index contributed by atoms with van der Waals surface area (Å²) >= 11 is 3.22. The van der Waals surface area contributed by atoms with Crippen molar-refractivity contribution in [1.29, 1.82) is 0 Å². The molecule has 0 bridgehead atoms. The number of aromatic nitrogens is 3. The molecule has 0 saturated carbocycles. The molecule has 2 rings (SSSR count). The smallest absolute Gasteiger partial charge is 0.142 e. The third-order valence-electron chi connectivity index (χ3n) is 3.22. The molecule has 2 aromatic rings. The number of halogens is 2. The molecule has 1 aromatic heterocycles. The minimum Gasteiger partial charge on any atom is -0.313 e. The Hall–Kier alpha value is -1.27. The zero-order valence-electron chi connectivity index (χ0n) is 11.6. The van der Waals surface area contributed by atoms with E-state index in [4.69, 9.17) is 0 Å². The summed E-state index contributed by atoms with van der Waals surface area (Å²) in [5.41, 5.74) is 0.632. The van der Waals surface area contributed by atoms with Crippen molar-refractivity contribution in [3.63, 3.8) is 0 Å². The van der Waals surface area contributed by atoms with Gasteiger partial charge in [0, 0.05) is 24.6 Å². The third kappa shape index (κ3) is 3.24. The topological polar surface area (TPSA) is 42.7 Å². The van der Waals surface area contributed by atoms with Crippen LogP contribution in [0.5, 0.6) is 0 Å². The molecule has 20 heavy (non-hydrogen) atoms. The van der Waals surface area contributed by atoms with E-state index in [1.807, 2.05) is 17.8 Å². The van der Waals surface area contributed by atoms with Crippen LogP contribution in [-0.2, 0) is 13.0 Å². The van der Waals surface area contributed by atoms with Crippen molar-refractivity contribution in [2.24, 2.45) is 0 Å². The first kappa shape index (κ1) is 15.1. The van der Waals surface area contributed by atoms with E-state index in [2.05, 4.69) is 38.3 Å². The molecule has 0 fully saturated rings. The monoisotopic (exact) mass is 340 g/mol. The summed E-state index contributed by atoms with van der Waals surface area (Å²) in [6, 6.07) is 5.20. The predicted molar refractivity (Wildman–Crippen MR) is 79.9 cm³/mol. The molecule has 0 aliphatic carbocycles. The van der Waals surface area contributed by atoms with E-state index >= 15 is 0 Å². The molecule has 6 heteroatoms. The van der Waals surface area contributed by atoms with E-state index < -0.39 is 0 Å². The maximum atomic E-state index is 14.2. The molecular formula is C14H18BrFN4. The van der Waals surface area contributed by atoms with Crippen LogP contribution in [0.4, 0.5) is 4.39 Å². The summed E-state index contributed by atoms with van der Waals surface area (Å²) in [5.74, 6) is 0.638. The minimum absolute atomic E-state index is 0.132. The van der Waals surface area contributed by atoms with Crippen LogP contribution in [0, 0.1) is 5.82 Å². The number of nitrogens with zero attached hydrogens (tertiary/aromatic N) is 3. The van der Waals surface area contributed by atoms with E-state index in [1.165, 1.54) is 0 Å². The molecule has 0 aliphatic heterocycles. The van der Waals surface area contributed by atoms with Crippen LogP contribution in [0.3, 0.4) is 0 Å². The lowest BCUT2D eigenvalue weighted by Crippen LogP contribution is -2.22. The largest absolute Gasteiger partial charge is 0.313 e. The van der Waals surface area contributed by atoms with Gasteiger partial charge in [-0.05, 0) is 35.5 Å². The van der Waals surface area contributed by atoms with Gasteiger partial charge in [0.25, 0.3) is 0 Å². The SMILES string of the molecule is CCCn1ncnc1CC(NC)c1cccc(Br)c1F. The van der Waals surface area contributed by atoms with Crippen LogP contribution in [0.1, 0.15) is 30.8 Å². The molecular weight excluding hydrogens is 323 g/mol. The fraction of sp³-hybridized carbons (Fsp3) is 0.429. The van der Waals surface area contributed by atoms with Gasteiger partial charge in [-0.1, -0.05) is 19.1 Å². The number of hydrogen-bond acceptors (Lipinski definition) is 3. The standard InChI is InChI=1S/C14H18BrFN4/c1-3-7-20-13(18-9-19-20)8-12(17-2)10-5-4-6-11(15)14(10)16/h4-6,9,12,17H,3,7-8H2,1-2H3. The van der Waals surface area contributed by atoms with E-state index in [0.717, 1.165) is 18.8 Å². The van der Waals surface area contributed by atoms with Gasteiger partial charge in [-0.25, -0.2) is 9.37 Å². The molecule has 1 N–H and O–H groups in total. The Morgan fingerprint density at radius 2 is 2.25 bits per heavy atom. The Morgan fingerprint density at radius 3 is 2.95 bits per heavy atom. The summed E-state index contributed by atoms with van der Waals surface area (Å²) < 4.78 is 16.5. The highest BCUT2D eigenvalue weighted by atomic mass is 79.9. The zero-order chi connectivity index (χ0) is 14.5. The molecule has 108 valence electrons. The first-order valence-corrected chi connectivity index (χ1v) is 7.44. The molecule has 0 radical (unpaired) electrons. The number of likely N-dealkylation sites (N-methyl/N-ethyl adjacent to an activating group) is 1. The lowest BCUT2D eigenvalue weighted by atomic mass is 10.0. The van der Waals surface area contributed by atoms with Crippen molar-refractivity contribution < 1.29 is 4.39 Å². The summed E-state index contributed by atoms with van der Waals surface area (Å²) in [7, 11) is 1.82. The Labute approximate surface area is 126 Å². The van der Waals surface area contributed by atoms with Gasteiger partial charge in [-0.2, -0.15) is 5.10 Å². The number of rotatable bonds is 6. The molecule has 0 amide bonds. The van der Waals surface area contributed by atoms with E-state index in [1.54, 1.807) is 18.5 Å². The van der Waals surface area contributed by atoms with Crippen molar-refractivity contribution in [2.45, 2.75) is 32.4 Å². The van der Waals surface area contributed by atoms with E-state index in [-0.39, 0.29) is 11.9 Å². The Morgan fingerprint density at radius 1 is 1.45 bits per heavy atom. The first-order valence-electron chi connectivity index (χ1n) is 6.65. The van der Waals surface area contributed by atoms with Crippen molar-refractivity contribution >= 4 is 15.9 Å². The summed E-state index contributed by atoms with van der Waals surface area (Å²) in [5, 5.41) is 7.35. The normalized spacial score (nSPS) is 12.6. The Balaban J connectivity index is 2.24. The van der Waals surface area contributed by atoms with Crippen LogP contribution < -0.4 is 5.32 Å². The van der Waals surface area contributed by atoms with Gasteiger partial charge in [0.15, 0.2) is 0 Å². The summed E-state index contributed by atoms with van der Waals surface area (Å²) in [6.45, 7) is 2.92. The Kier molecular flexibility index (Phi) is 5.25. The highest BCUT2D eigenvalue weighted by molar-refractivity contribution is 9.10. The molecule has 1 unspecified atom stereocenters. The van der Waals surface area contributed by atoms with Gasteiger partial charge in [-0.15, -0.1) is 0 Å². The number of aryl methyl sites for hydroxylation is 1. The third-order valence-corrected chi connectivity index (χ3v) is 3.84. The average molecular weight is 341 g/mol. The second-order valence-corrected chi connectivity index (χ2v) is 5.44. The summed E-state index contributed by atoms with van der Waals surface area (Å²) in [6.07, 6.45) is 3.14. The van der Waals surface area contributed by atoms with Gasteiger partial charge < -0.3 is 5.32 Å². The lowest BCUT2D eigenvalue weighted by Gasteiger charge is -2.18. The van der Waals surface area contributed by atoms with Crippen molar-refractivity contribution in [2.75, 3.05) is 7.05 Å².